The van der Waals surface area contributed by atoms with Crippen LogP contribution in [0.4, 0.5) is 0 Å². The number of benzene rings is 2. The van der Waals surface area contributed by atoms with Crippen LogP contribution in [0.1, 0.15) is 10.0 Å². The van der Waals surface area contributed by atoms with Crippen LogP contribution in [-0.2, 0) is 0 Å². The zero-order valence-corrected chi connectivity index (χ0v) is 13.2. The summed E-state index contributed by atoms with van der Waals surface area (Å²) in [6.45, 7) is 4.13. The summed E-state index contributed by atoms with van der Waals surface area (Å²) >= 11 is 3.54. The molecule has 0 atom stereocenters. The van der Waals surface area contributed by atoms with Crippen LogP contribution < -0.4 is 0 Å². The van der Waals surface area contributed by atoms with Crippen LogP contribution in [-0.4, -0.2) is 15.0 Å². The lowest BCUT2D eigenvalue weighted by Gasteiger charge is -1.94. The van der Waals surface area contributed by atoms with Gasteiger partial charge in [-0.15, -0.1) is 22.7 Å². The summed E-state index contributed by atoms with van der Waals surface area (Å²) in [6, 6.07) is 8.48. The predicted molar refractivity (Wildman–Crippen MR) is 91.6 cm³/mol. The quantitative estimate of drug-likeness (QED) is 0.429. The molecule has 0 aliphatic rings. The second kappa shape index (κ2) is 3.81. The normalized spacial score (nSPS) is 12.3. The summed E-state index contributed by atoms with van der Waals surface area (Å²) in [6.07, 6.45) is 0. The molecule has 3 nitrogen and oxygen atoms in total. The highest BCUT2D eigenvalue weighted by Gasteiger charge is 2.15. The van der Waals surface area contributed by atoms with E-state index in [4.69, 9.17) is 0 Å². The second-order valence-electron chi connectivity index (χ2n) is 5.26. The lowest BCUT2D eigenvalue weighted by molar-refractivity contribution is 1.35. The molecule has 0 radical (unpaired) electrons. The Hall–Kier alpha value is -1.98. The van der Waals surface area contributed by atoms with Crippen LogP contribution in [0, 0.1) is 13.8 Å². The van der Waals surface area contributed by atoms with Crippen LogP contribution in [0.15, 0.2) is 24.3 Å². The van der Waals surface area contributed by atoms with Gasteiger partial charge in [-0.2, -0.15) is 0 Å². The smallest absolute Gasteiger partial charge is 0.0908 e. The minimum atomic E-state index is 1.09. The Morgan fingerprint density at radius 2 is 1.24 bits per heavy atom. The average Bonchev–Trinajstić information content (AvgIpc) is 3.09. The van der Waals surface area contributed by atoms with E-state index in [9.17, 15) is 0 Å². The lowest BCUT2D eigenvalue weighted by Crippen LogP contribution is -1.71. The van der Waals surface area contributed by atoms with Gasteiger partial charge in [-0.1, -0.05) is 0 Å². The third-order valence-corrected chi connectivity index (χ3v) is 5.86. The Labute approximate surface area is 128 Å². The molecule has 0 aliphatic heterocycles. The largest absolute Gasteiger partial charge is 0.354 e. The van der Waals surface area contributed by atoms with Crippen molar-refractivity contribution in [2.75, 3.05) is 0 Å². The summed E-state index contributed by atoms with van der Waals surface area (Å²) in [5.74, 6) is 0. The lowest BCUT2D eigenvalue weighted by atomic mass is 10.1. The maximum atomic E-state index is 4.63. The molecule has 5 aromatic rings. The van der Waals surface area contributed by atoms with Crippen LogP contribution in [0.25, 0.3) is 42.2 Å². The topological polar surface area (TPSA) is 41.6 Å². The van der Waals surface area contributed by atoms with Gasteiger partial charge >= 0.3 is 0 Å². The van der Waals surface area contributed by atoms with Crippen molar-refractivity contribution in [3.63, 3.8) is 0 Å². The molecule has 3 heterocycles. The third kappa shape index (κ3) is 1.47. The zero-order chi connectivity index (χ0) is 14.1. The first kappa shape index (κ1) is 11.7. The van der Waals surface area contributed by atoms with Crippen molar-refractivity contribution in [3.8, 4) is 0 Å². The van der Waals surface area contributed by atoms with Gasteiger partial charge in [0, 0.05) is 21.8 Å². The van der Waals surface area contributed by atoms with Crippen molar-refractivity contribution in [3.05, 3.63) is 34.3 Å². The Bertz CT molecular complexity index is 1070. The number of fused-ring (bicyclic) bond motifs is 7. The first-order valence-electron chi connectivity index (χ1n) is 6.78. The fraction of sp³-hybridized carbons (Fsp3) is 0.125. The molecule has 3 aromatic heterocycles. The molecule has 0 spiro atoms. The van der Waals surface area contributed by atoms with E-state index < -0.39 is 0 Å². The molecule has 21 heavy (non-hydrogen) atoms. The number of rotatable bonds is 0. The van der Waals surface area contributed by atoms with Crippen LogP contribution in [0.5, 0.6) is 0 Å². The van der Waals surface area contributed by atoms with Crippen LogP contribution in [0.2, 0.25) is 0 Å². The van der Waals surface area contributed by atoms with Crippen molar-refractivity contribution in [1.29, 1.82) is 0 Å². The molecule has 0 amide bonds. The van der Waals surface area contributed by atoms with Gasteiger partial charge in [-0.3, -0.25) is 0 Å². The Kier molecular flexibility index (Phi) is 2.11. The minimum Gasteiger partial charge on any atom is -0.354 e. The minimum absolute atomic E-state index is 1.09. The van der Waals surface area contributed by atoms with Crippen molar-refractivity contribution in [2.45, 2.75) is 13.8 Å². The molecule has 0 saturated heterocycles. The fourth-order valence-corrected chi connectivity index (χ4v) is 5.00. The number of aromatic nitrogens is 3. The average molecular weight is 309 g/mol. The number of aromatic amines is 1. The molecule has 102 valence electrons. The monoisotopic (exact) mass is 309 g/mol. The summed E-state index contributed by atoms with van der Waals surface area (Å²) < 4.78 is 2.55. The Balaban J connectivity index is 2.16. The van der Waals surface area contributed by atoms with Gasteiger partial charge < -0.3 is 4.98 Å². The van der Waals surface area contributed by atoms with E-state index in [2.05, 4.69) is 53.1 Å². The van der Waals surface area contributed by atoms with Crippen molar-refractivity contribution in [1.82, 2.24) is 15.0 Å². The van der Waals surface area contributed by atoms with E-state index >= 15 is 0 Å². The van der Waals surface area contributed by atoms with E-state index in [1.165, 1.54) is 31.2 Å². The standard InChI is InChI=1S/C16H11N3S2/c1-7-17-11-5-3-9-13(15(11)20-7)14-10(19-9)4-6-12-16(14)21-8(2)18-12/h3-6,19H,1-2H3. The van der Waals surface area contributed by atoms with E-state index in [1.54, 1.807) is 22.7 Å². The molecule has 5 rings (SSSR count). The summed E-state index contributed by atoms with van der Waals surface area (Å²) in [4.78, 5) is 12.8. The molecule has 0 unspecified atom stereocenters. The van der Waals surface area contributed by atoms with Gasteiger partial charge in [0.05, 0.1) is 30.4 Å². The Morgan fingerprint density at radius 3 is 1.71 bits per heavy atom. The maximum Gasteiger partial charge on any atom is 0.0908 e. The van der Waals surface area contributed by atoms with Gasteiger partial charge in [0.15, 0.2) is 0 Å². The van der Waals surface area contributed by atoms with Gasteiger partial charge in [0.25, 0.3) is 0 Å². The fourth-order valence-electron chi connectivity index (χ4n) is 3.06. The molecule has 5 heteroatoms. The number of nitrogens with zero attached hydrogens (tertiary/aromatic N) is 2. The van der Waals surface area contributed by atoms with E-state index in [-0.39, 0.29) is 0 Å². The van der Waals surface area contributed by atoms with Crippen molar-refractivity contribution < 1.29 is 0 Å². The predicted octanol–water partition coefficient (Wildman–Crippen LogP) is 5.16. The van der Waals surface area contributed by atoms with E-state index in [0.717, 1.165) is 21.0 Å². The number of aryl methyl sites for hydroxylation is 2. The Morgan fingerprint density at radius 1 is 0.762 bits per heavy atom. The maximum absolute atomic E-state index is 4.63. The molecule has 0 saturated carbocycles. The number of thiazole rings is 2. The second-order valence-corrected chi connectivity index (χ2v) is 7.67. The van der Waals surface area contributed by atoms with E-state index in [0.29, 0.717) is 0 Å². The van der Waals surface area contributed by atoms with Gasteiger partial charge in [-0.05, 0) is 38.1 Å². The number of nitrogens with one attached hydrogen (secondary N) is 1. The SMILES string of the molecule is Cc1nc2ccc3[nH]c4ccc5nc(C)sc5c4c3c2s1. The molecule has 0 bridgehead atoms. The first-order chi connectivity index (χ1) is 10.2. The van der Waals surface area contributed by atoms with Gasteiger partial charge in [0.1, 0.15) is 0 Å². The molecular weight excluding hydrogens is 298 g/mol. The molecule has 0 aliphatic carbocycles. The third-order valence-electron chi connectivity index (χ3n) is 3.85. The van der Waals surface area contributed by atoms with E-state index in [1.807, 2.05) is 0 Å². The highest BCUT2D eigenvalue weighted by atomic mass is 32.1. The van der Waals surface area contributed by atoms with Gasteiger partial charge in [-0.25, -0.2) is 9.97 Å². The molecular formula is C16H11N3S2. The zero-order valence-electron chi connectivity index (χ0n) is 11.5. The van der Waals surface area contributed by atoms with Gasteiger partial charge in [0.2, 0.25) is 0 Å². The highest BCUT2D eigenvalue weighted by molar-refractivity contribution is 7.21. The molecule has 2 aromatic carbocycles. The highest BCUT2D eigenvalue weighted by Crippen LogP contribution is 2.40. The summed E-state index contributed by atoms with van der Waals surface area (Å²) in [5, 5.41) is 4.81. The molecule has 0 fully saturated rings. The summed E-state index contributed by atoms with van der Waals surface area (Å²) in [5.41, 5.74) is 4.53. The van der Waals surface area contributed by atoms with Crippen molar-refractivity contribution >= 4 is 64.9 Å². The molecule has 1 N–H and O–H groups in total. The van der Waals surface area contributed by atoms with Crippen LogP contribution in [0.3, 0.4) is 0 Å². The van der Waals surface area contributed by atoms with Crippen LogP contribution >= 0.6 is 22.7 Å². The number of H-pyrrole nitrogens is 1. The number of hydrogen-bond acceptors (Lipinski definition) is 4. The number of hydrogen-bond donors (Lipinski definition) is 1. The first-order valence-corrected chi connectivity index (χ1v) is 8.42. The summed E-state index contributed by atoms with van der Waals surface area (Å²) in [7, 11) is 0. The van der Waals surface area contributed by atoms with Crippen molar-refractivity contribution in [2.24, 2.45) is 0 Å².